The van der Waals surface area contributed by atoms with E-state index in [0.29, 0.717) is 11.3 Å². The number of hydrogen-bond acceptors (Lipinski definition) is 3. The average Bonchev–Trinajstić information content (AvgIpc) is 2.55. The normalized spacial score (nSPS) is 11.7. The van der Waals surface area contributed by atoms with Gasteiger partial charge in [-0.25, -0.2) is 9.97 Å². The third-order valence-electron chi connectivity index (χ3n) is 2.39. The lowest BCUT2D eigenvalue weighted by atomic mass is 10.3. The topological polar surface area (TPSA) is 54.5 Å². The minimum Gasteiger partial charge on any atom is -0.329 e. The number of aryl methyl sites for hydroxylation is 1. The van der Waals surface area contributed by atoms with E-state index in [1.807, 2.05) is 6.07 Å². The number of halogens is 3. The van der Waals surface area contributed by atoms with Gasteiger partial charge in [-0.15, -0.1) is 0 Å². The Labute approximate surface area is 94.3 Å². The first-order chi connectivity index (χ1) is 7.93. The van der Waals surface area contributed by atoms with Crippen molar-refractivity contribution in [3.8, 4) is 6.07 Å². The fourth-order valence-corrected chi connectivity index (χ4v) is 1.52. The van der Waals surface area contributed by atoms with Gasteiger partial charge in [0.05, 0.1) is 29.7 Å². The molecule has 2 heterocycles. The highest BCUT2D eigenvalue weighted by Crippen LogP contribution is 2.29. The van der Waals surface area contributed by atoms with Crippen LogP contribution in [0.1, 0.15) is 11.5 Å². The Balaban J connectivity index is 2.60. The minimum atomic E-state index is -4.49. The smallest absolute Gasteiger partial charge is 0.329 e. The zero-order valence-electron chi connectivity index (χ0n) is 8.78. The summed E-state index contributed by atoms with van der Waals surface area (Å²) in [6.45, 7) is 0. The second kappa shape index (κ2) is 3.73. The van der Waals surface area contributed by atoms with Crippen molar-refractivity contribution in [3.63, 3.8) is 0 Å². The molecule has 2 aromatic heterocycles. The Morgan fingerprint density at radius 2 is 2.18 bits per heavy atom. The number of nitrogens with zero attached hydrogens (tertiary/aromatic N) is 4. The van der Waals surface area contributed by atoms with Gasteiger partial charge in [0.15, 0.2) is 0 Å². The van der Waals surface area contributed by atoms with Crippen LogP contribution in [-0.2, 0) is 19.6 Å². The van der Waals surface area contributed by atoms with Crippen molar-refractivity contribution in [3.05, 3.63) is 23.8 Å². The molecule has 4 nitrogen and oxygen atoms in total. The molecule has 0 atom stereocenters. The molecule has 0 aliphatic rings. The van der Waals surface area contributed by atoms with Crippen molar-refractivity contribution in [2.75, 3.05) is 0 Å². The molecule has 88 valence electrons. The molecule has 2 rings (SSSR count). The summed E-state index contributed by atoms with van der Waals surface area (Å²) in [6, 6.07) is 2.79. The summed E-state index contributed by atoms with van der Waals surface area (Å²) in [7, 11) is 1.64. The number of pyridine rings is 1. The molecule has 0 radical (unpaired) electrons. The Bertz CT molecular complexity index is 606. The number of fused-ring (bicyclic) bond motifs is 1. The molecule has 0 saturated carbocycles. The summed E-state index contributed by atoms with van der Waals surface area (Å²) in [4.78, 5) is 7.32. The predicted octanol–water partition coefficient (Wildman–Crippen LogP) is 2.05. The van der Waals surface area contributed by atoms with E-state index in [9.17, 15) is 13.2 Å². The maximum Gasteiger partial charge on any atom is 0.433 e. The van der Waals surface area contributed by atoms with E-state index in [2.05, 4.69) is 9.97 Å². The van der Waals surface area contributed by atoms with Gasteiger partial charge in [-0.05, 0) is 6.07 Å². The van der Waals surface area contributed by atoms with Gasteiger partial charge in [0.25, 0.3) is 0 Å². The zero-order chi connectivity index (χ0) is 12.6. The third-order valence-corrected chi connectivity index (χ3v) is 2.39. The molecule has 0 saturated heterocycles. The van der Waals surface area contributed by atoms with E-state index in [0.717, 1.165) is 12.3 Å². The Morgan fingerprint density at radius 3 is 2.76 bits per heavy atom. The third kappa shape index (κ3) is 1.93. The van der Waals surface area contributed by atoms with Crippen molar-refractivity contribution >= 4 is 11.0 Å². The Kier molecular flexibility index (Phi) is 2.50. The molecule has 7 heteroatoms. The summed E-state index contributed by atoms with van der Waals surface area (Å²) in [6.07, 6.45) is -3.32. The van der Waals surface area contributed by atoms with Gasteiger partial charge in [-0.2, -0.15) is 18.4 Å². The van der Waals surface area contributed by atoms with Gasteiger partial charge >= 0.3 is 6.18 Å². The van der Waals surface area contributed by atoms with Crippen LogP contribution in [0.4, 0.5) is 13.2 Å². The van der Waals surface area contributed by atoms with E-state index in [1.54, 1.807) is 11.6 Å². The Hall–Kier alpha value is -2.10. The highest BCUT2D eigenvalue weighted by molar-refractivity contribution is 5.75. The van der Waals surface area contributed by atoms with E-state index < -0.39 is 11.9 Å². The summed E-state index contributed by atoms with van der Waals surface area (Å²) in [5, 5.41) is 8.55. The molecule has 0 aliphatic carbocycles. The van der Waals surface area contributed by atoms with Crippen LogP contribution in [-0.4, -0.2) is 14.5 Å². The summed E-state index contributed by atoms with van der Waals surface area (Å²) in [5.74, 6) is 0.420. The van der Waals surface area contributed by atoms with Crippen molar-refractivity contribution in [2.45, 2.75) is 12.6 Å². The molecule has 0 amide bonds. The number of hydrogen-bond donors (Lipinski definition) is 0. The highest BCUT2D eigenvalue weighted by atomic mass is 19.4. The van der Waals surface area contributed by atoms with Crippen LogP contribution >= 0.6 is 0 Å². The largest absolute Gasteiger partial charge is 0.433 e. The van der Waals surface area contributed by atoms with Crippen LogP contribution in [0.2, 0.25) is 0 Å². The minimum absolute atomic E-state index is 0.0481. The molecule has 0 aliphatic heterocycles. The summed E-state index contributed by atoms with van der Waals surface area (Å²) >= 11 is 0. The van der Waals surface area contributed by atoms with Crippen molar-refractivity contribution < 1.29 is 13.2 Å². The van der Waals surface area contributed by atoms with Gasteiger partial charge in [0.2, 0.25) is 0 Å². The van der Waals surface area contributed by atoms with Crippen molar-refractivity contribution in [1.82, 2.24) is 14.5 Å². The van der Waals surface area contributed by atoms with Crippen LogP contribution in [0, 0.1) is 11.3 Å². The maximum atomic E-state index is 12.4. The van der Waals surface area contributed by atoms with E-state index in [-0.39, 0.29) is 11.9 Å². The van der Waals surface area contributed by atoms with Crippen molar-refractivity contribution in [2.24, 2.45) is 7.05 Å². The highest BCUT2D eigenvalue weighted by Gasteiger charge is 2.33. The number of aromatic nitrogens is 3. The van der Waals surface area contributed by atoms with E-state index in [1.165, 1.54) is 0 Å². The van der Waals surface area contributed by atoms with E-state index >= 15 is 0 Å². The van der Waals surface area contributed by atoms with Gasteiger partial charge < -0.3 is 4.57 Å². The summed E-state index contributed by atoms with van der Waals surface area (Å²) < 4.78 is 38.8. The fourth-order valence-electron chi connectivity index (χ4n) is 1.52. The molecule has 0 N–H and O–H groups in total. The van der Waals surface area contributed by atoms with Crippen LogP contribution in [0.3, 0.4) is 0 Å². The maximum absolute atomic E-state index is 12.4. The molecule has 0 aromatic carbocycles. The van der Waals surface area contributed by atoms with E-state index in [4.69, 9.17) is 5.26 Å². The lowest BCUT2D eigenvalue weighted by molar-refractivity contribution is -0.141. The lowest BCUT2D eigenvalue weighted by Crippen LogP contribution is -2.07. The molecule has 0 spiro atoms. The first-order valence-corrected chi connectivity index (χ1v) is 4.69. The average molecular weight is 240 g/mol. The van der Waals surface area contributed by atoms with Crippen LogP contribution in [0.5, 0.6) is 0 Å². The first kappa shape index (κ1) is 11.4. The second-order valence-electron chi connectivity index (χ2n) is 3.48. The molecule has 0 bridgehead atoms. The molecular weight excluding hydrogens is 233 g/mol. The fraction of sp³-hybridized carbons (Fsp3) is 0.300. The molecule has 2 aromatic rings. The van der Waals surface area contributed by atoms with Gasteiger partial charge in [-0.1, -0.05) is 0 Å². The molecule has 0 unspecified atom stereocenters. The second-order valence-corrected chi connectivity index (χ2v) is 3.48. The SMILES string of the molecule is Cn1c(CC#N)nc2cc(C(F)(F)F)ncc21. The molecular formula is C10H7F3N4. The molecule has 17 heavy (non-hydrogen) atoms. The van der Waals surface area contributed by atoms with Gasteiger partial charge in [-0.3, -0.25) is 0 Å². The summed E-state index contributed by atoms with van der Waals surface area (Å²) in [5.41, 5.74) is -0.310. The van der Waals surface area contributed by atoms with Crippen LogP contribution < -0.4 is 0 Å². The quantitative estimate of drug-likeness (QED) is 0.766. The zero-order valence-corrected chi connectivity index (χ0v) is 8.78. The standard InChI is InChI=1S/C10H7F3N4/c1-17-7-5-15-8(10(11,12)13)4-6(7)16-9(17)2-3-14/h4-5H,2H2,1H3. The van der Waals surface area contributed by atoms with Crippen LogP contribution in [0.25, 0.3) is 11.0 Å². The monoisotopic (exact) mass is 240 g/mol. The number of nitriles is 1. The van der Waals surface area contributed by atoms with Gasteiger partial charge in [0, 0.05) is 7.05 Å². The number of alkyl halides is 3. The number of imidazole rings is 1. The van der Waals surface area contributed by atoms with Crippen molar-refractivity contribution in [1.29, 1.82) is 5.26 Å². The first-order valence-electron chi connectivity index (χ1n) is 4.69. The molecule has 0 fully saturated rings. The van der Waals surface area contributed by atoms with Crippen LogP contribution in [0.15, 0.2) is 12.3 Å². The predicted molar refractivity (Wildman–Crippen MR) is 52.8 cm³/mol. The van der Waals surface area contributed by atoms with Gasteiger partial charge in [0.1, 0.15) is 11.5 Å². The number of rotatable bonds is 1. The lowest BCUT2D eigenvalue weighted by Gasteiger charge is -2.04. The Morgan fingerprint density at radius 1 is 1.47 bits per heavy atom.